The van der Waals surface area contributed by atoms with Crippen LogP contribution in [0.2, 0.25) is 0 Å². The van der Waals surface area contributed by atoms with E-state index >= 15 is 0 Å². The molecule has 1 saturated carbocycles. The van der Waals surface area contributed by atoms with Gasteiger partial charge in [0.1, 0.15) is 23.0 Å². The van der Waals surface area contributed by atoms with Crippen LogP contribution in [0, 0.1) is 5.82 Å². The van der Waals surface area contributed by atoms with Crippen molar-refractivity contribution in [2.24, 2.45) is 0 Å². The zero-order chi connectivity index (χ0) is 25.3. The van der Waals surface area contributed by atoms with Crippen molar-refractivity contribution in [2.45, 2.75) is 30.4 Å². The maximum absolute atomic E-state index is 13.6. The number of hydrogen-bond donors (Lipinski definition) is 1. The summed E-state index contributed by atoms with van der Waals surface area (Å²) < 4.78 is 61.3. The second kappa shape index (κ2) is 9.57. The van der Waals surface area contributed by atoms with Crippen molar-refractivity contribution >= 4 is 16.0 Å². The lowest BCUT2D eigenvalue weighted by atomic mass is 10.1. The van der Waals surface area contributed by atoms with E-state index in [1.807, 2.05) is 0 Å². The van der Waals surface area contributed by atoms with Gasteiger partial charge < -0.3 is 13.9 Å². The monoisotopic (exact) mass is 514 g/mol. The minimum atomic E-state index is -4.00. The van der Waals surface area contributed by atoms with E-state index in [-0.39, 0.29) is 17.6 Å². The summed E-state index contributed by atoms with van der Waals surface area (Å²) in [7, 11) is -1.02. The summed E-state index contributed by atoms with van der Waals surface area (Å²) in [5.41, 5.74) is 0.390. The normalized spacial score (nSPS) is 17.8. The van der Waals surface area contributed by atoms with Crippen LogP contribution in [0.1, 0.15) is 31.0 Å². The van der Waals surface area contributed by atoms with Crippen LogP contribution >= 0.6 is 0 Å². The van der Waals surface area contributed by atoms with Crippen molar-refractivity contribution in [1.82, 2.24) is 24.7 Å². The van der Waals surface area contributed by atoms with Crippen molar-refractivity contribution in [2.75, 3.05) is 18.9 Å². The number of ether oxygens (including phenoxy) is 2. The fraction of sp³-hybridized carbons (Fsp3) is 0.304. The molecule has 1 N–H and O–H groups in total. The maximum Gasteiger partial charge on any atom is 0.243 e. The minimum Gasteiger partial charge on any atom is -0.494 e. The van der Waals surface area contributed by atoms with Gasteiger partial charge in [-0.1, -0.05) is 12.5 Å². The van der Waals surface area contributed by atoms with Gasteiger partial charge in [-0.2, -0.15) is 0 Å². The van der Waals surface area contributed by atoms with Gasteiger partial charge >= 0.3 is 0 Å². The smallest absolute Gasteiger partial charge is 0.243 e. The van der Waals surface area contributed by atoms with Crippen LogP contribution < -0.4 is 14.2 Å². The first-order valence-corrected chi connectivity index (χ1v) is 12.7. The van der Waals surface area contributed by atoms with Crippen molar-refractivity contribution in [3.05, 3.63) is 60.6 Å². The van der Waals surface area contributed by atoms with E-state index in [2.05, 4.69) is 24.9 Å². The van der Waals surface area contributed by atoms with Crippen molar-refractivity contribution in [1.29, 1.82) is 0 Å². The maximum atomic E-state index is 13.6. The third kappa shape index (κ3) is 4.26. The number of aromatic nitrogens is 5. The van der Waals surface area contributed by atoms with Crippen LogP contribution in [-0.2, 0) is 10.0 Å². The highest BCUT2D eigenvalue weighted by Gasteiger charge is 2.41. The van der Waals surface area contributed by atoms with Crippen molar-refractivity contribution in [3.8, 4) is 28.8 Å². The molecule has 3 heterocycles. The summed E-state index contributed by atoms with van der Waals surface area (Å²) in [6, 6.07) is 8.53. The molecule has 0 amide bonds. The number of halogens is 1. The molecule has 11 nitrogen and oxygen atoms in total. The Labute approximate surface area is 206 Å². The van der Waals surface area contributed by atoms with E-state index in [4.69, 9.17) is 13.9 Å². The molecule has 36 heavy (non-hydrogen) atoms. The molecule has 1 fully saturated rings. The van der Waals surface area contributed by atoms with E-state index in [1.54, 1.807) is 30.3 Å². The predicted molar refractivity (Wildman–Crippen MR) is 127 cm³/mol. The SMILES string of the molecule is COc1cccc(OC)c1-n1c(NS(=O)(=O)[C@@H]2CCC[C@H]2c2ncc(F)cn2)nnc1-c1ccco1. The Hall–Kier alpha value is -4.00. The molecule has 188 valence electrons. The summed E-state index contributed by atoms with van der Waals surface area (Å²) >= 11 is 0. The minimum absolute atomic E-state index is 0.0742. The van der Waals surface area contributed by atoms with E-state index in [0.29, 0.717) is 42.2 Å². The highest BCUT2D eigenvalue weighted by atomic mass is 32.2. The van der Waals surface area contributed by atoms with Crippen LogP contribution in [0.15, 0.2) is 53.4 Å². The number of nitrogens with zero attached hydrogens (tertiary/aromatic N) is 5. The Bertz CT molecular complexity index is 1430. The second-order valence-corrected chi connectivity index (χ2v) is 10.1. The van der Waals surface area contributed by atoms with E-state index in [9.17, 15) is 12.8 Å². The number of benzene rings is 1. The van der Waals surface area contributed by atoms with Crippen LogP contribution in [0.25, 0.3) is 17.3 Å². The molecule has 0 aliphatic heterocycles. The van der Waals surface area contributed by atoms with Crippen molar-refractivity contribution < 1.29 is 26.7 Å². The molecular formula is C23H23FN6O5S. The Morgan fingerprint density at radius 3 is 2.42 bits per heavy atom. The molecule has 0 unspecified atom stereocenters. The first-order chi connectivity index (χ1) is 17.4. The highest BCUT2D eigenvalue weighted by Crippen LogP contribution is 2.40. The number of furan rings is 1. The average molecular weight is 515 g/mol. The van der Waals surface area contributed by atoms with Crippen LogP contribution in [0.5, 0.6) is 11.5 Å². The largest absolute Gasteiger partial charge is 0.494 e. The molecule has 2 atom stereocenters. The number of para-hydroxylation sites is 1. The van der Waals surface area contributed by atoms with Crippen molar-refractivity contribution in [3.63, 3.8) is 0 Å². The molecule has 1 aliphatic carbocycles. The van der Waals surface area contributed by atoms with Gasteiger partial charge in [0.05, 0.1) is 38.1 Å². The number of anilines is 1. The Morgan fingerprint density at radius 1 is 1.06 bits per heavy atom. The average Bonchev–Trinajstić information content (AvgIpc) is 3.65. The van der Waals surface area contributed by atoms with Gasteiger partial charge in [0.15, 0.2) is 11.6 Å². The molecule has 1 aliphatic rings. The van der Waals surface area contributed by atoms with Gasteiger partial charge in [-0.25, -0.2) is 22.8 Å². The number of nitrogens with one attached hydrogen (secondary N) is 1. The zero-order valence-electron chi connectivity index (χ0n) is 19.5. The van der Waals surface area contributed by atoms with Gasteiger partial charge in [0, 0.05) is 5.92 Å². The molecule has 3 aromatic heterocycles. The topological polar surface area (TPSA) is 134 Å². The zero-order valence-corrected chi connectivity index (χ0v) is 20.3. The highest BCUT2D eigenvalue weighted by molar-refractivity contribution is 7.93. The van der Waals surface area contributed by atoms with Gasteiger partial charge in [-0.3, -0.25) is 9.29 Å². The van der Waals surface area contributed by atoms with Gasteiger partial charge in [-0.15, -0.1) is 10.2 Å². The Morgan fingerprint density at radius 2 is 1.78 bits per heavy atom. The lowest BCUT2D eigenvalue weighted by Gasteiger charge is -2.21. The molecule has 0 spiro atoms. The molecule has 0 saturated heterocycles. The second-order valence-electron chi connectivity index (χ2n) is 8.15. The Balaban J connectivity index is 1.59. The van der Waals surface area contributed by atoms with E-state index in [0.717, 1.165) is 12.4 Å². The molecule has 0 bridgehead atoms. The summed E-state index contributed by atoms with van der Waals surface area (Å²) in [6.45, 7) is 0. The molecule has 13 heteroatoms. The number of hydrogen-bond acceptors (Lipinski definition) is 9. The fourth-order valence-electron chi connectivity index (χ4n) is 4.49. The quantitative estimate of drug-likeness (QED) is 0.374. The lowest BCUT2D eigenvalue weighted by Crippen LogP contribution is -2.31. The van der Waals surface area contributed by atoms with Gasteiger partial charge in [0.25, 0.3) is 0 Å². The third-order valence-corrected chi connectivity index (χ3v) is 7.92. The van der Waals surface area contributed by atoms with Gasteiger partial charge in [0.2, 0.25) is 21.8 Å². The standard InChI is InChI=1S/C23H23FN6O5S/c1-33-16-7-4-8-17(34-2)20(16)30-22(18-9-5-11-35-18)27-28-23(30)29-36(31,32)19-10-3-6-15(19)21-25-12-14(24)13-26-21/h4-5,7-9,11-13,15,19H,3,6,10H2,1-2H3,(H,28,29)/t15-,19-/m1/s1. The summed E-state index contributed by atoms with van der Waals surface area (Å²) in [5, 5.41) is 7.49. The number of sulfonamides is 1. The molecule has 1 aromatic carbocycles. The molecule has 0 radical (unpaired) electrons. The fourth-order valence-corrected chi connectivity index (χ4v) is 6.19. The molecule has 4 aromatic rings. The first-order valence-electron chi connectivity index (χ1n) is 11.1. The van der Waals surface area contributed by atoms with Crippen LogP contribution in [-0.4, -0.2) is 52.6 Å². The molecule has 5 rings (SSSR count). The van der Waals surface area contributed by atoms with E-state index < -0.39 is 27.0 Å². The summed E-state index contributed by atoms with van der Waals surface area (Å²) in [6.07, 6.45) is 5.15. The number of methoxy groups -OCH3 is 2. The lowest BCUT2D eigenvalue weighted by molar-refractivity contribution is 0.391. The summed E-state index contributed by atoms with van der Waals surface area (Å²) in [4.78, 5) is 8.04. The van der Waals surface area contributed by atoms with E-state index in [1.165, 1.54) is 25.0 Å². The first kappa shape index (κ1) is 23.7. The Kier molecular flexibility index (Phi) is 6.31. The number of rotatable bonds is 8. The summed E-state index contributed by atoms with van der Waals surface area (Å²) in [5.74, 6) is 0.540. The van der Waals surface area contributed by atoms with Gasteiger partial charge in [-0.05, 0) is 37.1 Å². The third-order valence-electron chi connectivity index (χ3n) is 6.09. The van der Waals surface area contributed by atoms with Crippen LogP contribution in [0.3, 0.4) is 0 Å². The predicted octanol–water partition coefficient (Wildman–Crippen LogP) is 3.55. The van der Waals surface area contributed by atoms with Crippen LogP contribution in [0.4, 0.5) is 10.3 Å². The molecular weight excluding hydrogens is 491 g/mol.